The number of amides is 1. The normalized spacial score (nSPS) is 22.2. The van der Waals surface area contributed by atoms with Crippen LogP contribution in [-0.2, 0) is 9.53 Å². The highest BCUT2D eigenvalue weighted by molar-refractivity contribution is 14.0. The maximum Gasteiger partial charge on any atom is 0.242 e. The largest absolute Gasteiger partial charge is 0.381 e. The Kier molecular flexibility index (Phi) is 8.94. The van der Waals surface area contributed by atoms with E-state index in [1.165, 1.54) is 0 Å². The van der Waals surface area contributed by atoms with E-state index in [-0.39, 0.29) is 41.5 Å². The second kappa shape index (κ2) is 9.94. The van der Waals surface area contributed by atoms with Crippen molar-refractivity contribution in [3.63, 3.8) is 0 Å². The third-order valence-electron chi connectivity index (χ3n) is 4.82. The number of ether oxygens (including phenoxy) is 1. The van der Waals surface area contributed by atoms with Gasteiger partial charge in [-0.15, -0.1) is 24.0 Å². The van der Waals surface area contributed by atoms with E-state index in [2.05, 4.69) is 44.8 Å². The molecule has 0 atom stereocenters. The Balaban J connectivity index is 0.00000312. The summed E-state index contributed by atoms with van der Waals surface area (Å²) in [5, 5.41) is 3.37. The molecule has 2 rings (SSSR count). The fourth-order valence-electron chi connectivity index (χ4n) is 3.88. The molecule has 2 fully saturated rings. The van der Waals surface area contributed by atoms with E-state index in [4.69, 9.17) is 9.73 Å². The number of aliphatic imine (C=N–C) groups is 1. The van der Waals surface area contributed by atoms with Crippen LogP contribution in [0.1, 0.15) is 47.5 Å². The lowest BCUT2D eigenvalue weighted by atomic mass is 9.96. The number of nitrogens with one attached hydrogen (secondary N) is 1. The van der Waals surface area contributed by atoms with Crippen LogP contribution in [0, 0.1) is 5.92 Å². The zero-order chi connectivity index (χ0) is 17.7. The molecule has 0 unspecified atom stereocenters. The van der Waals surface area contributed by atoms with Gasteiger partial charge < -0.3 is 19.9 Å². The van der Waals surface area contributed by atoms with Crippen LogP contribution in [0.2, 0.25) is 0 Å². The van der Waals surface area contributed by atoms with Gasteiger partial charge in [0.2, 0.25) is 5.91 Å². The number of guanidine groups is 1. The first-order valence-electron chi connectivity index (χ1n) is 9.28. The lowest BCUT2D eigenvalue weighted by Gasteiger charge is -2.49. The van der Waals surface area contributed by atoms with Crippen LogP contribution in [-0.4, -0.2) is 72.6 Å². The van der Waals surface area contributed by atoms with Crippen molar-refractivity contribution in [2.75, 3.05) is 39.4 Å². The van der Waals surface area contributed by atoms with Gasteiger partial charge >= 0.3 is 0 Å². The van der Waals surface area contributed by atoms with Crippen LogP contribution in [0.15, 0.2) is 4.99 Å². The Hall–Kier alpha value is -0.570. The Morgan fingerprint density at radius 1 is 1.36 bits per heavy atom. The van der Waals surface area contributed by atoms with Crippen LogP contribution in [0.25, 0.3) is 0 Å². The molecule has 0 aromatic carbocycles. The van der Waals surface area contributed by atoms with Crippen molar-refractivity contribution in [2.24, 2.45) is 10.9 Å². The molecule has 1 N–H and O–H groups in total. The average Bonchev–Trinajstić information content (AvgIpc) is 2.50. The topological polar surface area (TPSA) is 57.2 Å². The van der Waals surface area contributed by atoms with E-state index in [9.17, 15) is 4.79 Å². The molecular formula is C18H35IN4O2. The summed E-state index contributed by atoms with van der Waals surface area (Å²) in [7, 11) is 0. The fraction of sp³-hybridized carbons (Fsp3) is 0.889. The Morgan fingerprint density at radius 3 is 2.52 bits per heavy atom. The van der Waals surface area contributed by atoms with Crippen molar-refractivity contribution < 1.29 is 9.53 Å². The molecule has 0 bridgehead atoms. The minimum atomic E-state index is -0.196. The van der Waals surface area contributed by atoms with Crippen LogP contribution < -0.4 is 5.32 Å². The molecule has 2 saturated heterocycles. The van der Waals surface area contributed by atoms with Crippen LogP contribution in [0.5, 0.6) is 0 Å². The fourth-order valence-corrected chi connectivity index (χ4v) is 3.88. The Labute approximate surface area is 169 Å². The zero-order valence-corrected chi connectivity index (χ0v) is 18.7. The number of hydrogen-bond acceptors (Lipinski definition) is 3. The molecular weight excluding hydrogens is 431 g/mol. The quantitative estimate of drug-likeness (QED) is 0.393. The third-order valence-corrected chi connectivity index (χ3v) is 4.82. The monoisotopic (exact) mass is 466 g/mol. The molecule has 2 heterocycles. The number of hydrogen-bond donors (Lipinski definition) is 1. The first-order chi connectivity index (χ1) is 11.3. The number of carbonyl (C=O) groups is 1. The summed E-state index contributed by atoms with van der Waals surface area (Å²) >= 11 is 0. The van der Waals surface area contributed by atoms with Crippen LogP contribution in [0.4, 0.5) is 0 Å². The predicted molar refractivity (Wildman–Crippen MR) is 113 cm³/mol. The van der Waals surface area contributed by atoms with Crippen molar-refractivity contribution in [3.05, 3.63) is 0 Å². The van der Waals surface area contributed by atoms with Crippen molar-refractivity contribution in [1.29, 1.82) is 0 Å². The van der Waals surface area contributed by atoms with Gasteiger partial charge in [0.15, 0.2) is 5.96 Å². The van der Waals surface area contributed by atoms with Gasteiger partial charge in [-0.05, 0) is 53.4 Å². The molecule has 0 aromatic rings. The van der Waals surface area contributed by atoms with E-state index in [0.717, 1.165) is 51.6 Å². The highest BCUT2D eigenvalue weighted by Gasteiger charge is 2.40. The summed E-state index contributed by atoms with van der Waals surface area (Å²) in [6, 6.07) is 0.219. The summed E-state index contributed by atoms with van der Waals surface area (Å²) < 4.78 is 5.42. The Bertz CT molecular complexity index is 462. The molecule has 0 spiro atoms. The molecule has 25 heavy (non-hydrogen) atoms. The summed E-state index contributed by atoms with van der Waals surface area (Å²) in [6.07, 6.45) is 2.16. The number of carbonyl (C=O) groups excluding carboxylic acids is 1. The third kappa shape index (κ3) is 5.98. The summed E-state index contributed by atoms with van der Waals surface area (Å²) in [6.45, 7) is 15.0. The van der Waals surface area contributed by atoms with E-state index >= 15 is 0 Å². The van der Waals surface area contributed by atoms with Gasteiger partial charge in [0.05, 0.1) is 12.1 Å². The SMILES string of the molecule is CCNC(=NCC1CCOCC1)N1CC(=O)N(C(C)C)C(C)(C)C1.I. The summed E-state index contributed by atoms with van der Waals surface area (Å²) in [4.78, 5) is 21.6. The number of rotatable bonds is 4. The maximum absolute atomic E-state index is 12.7. The lowest BCUT2D eigenvalue weighted by molar-refractivity contribution is -0.145. The molecule has 0 saturated carbocycles. The van der Waals surface area contributed by atoms with E-state index in [0.29, 0.717) is 12.5 Å². The lowest BCUT2D eigenvalue weighted by Crippen LogP contribution is -2.66. The first-order valence-corrected chi connectivity index (χ1v) is 9.28. The van der Waals surface area contributed by atoms with Gasteiger partial charge in [-0.2, -0.15) is 0 Å². The number of halogens is 1. The molecule has 146 valence electrons. The van der Waals surface area contributed by atoms with Crippen molar-refractivity contribution >= 4 is 35.8 Å². The van der Waals surface area contributed by atoms with Crippen molar-refractivity contribution in [3.8, 4) is 0 Å². The Morgan fingerprint density at radius 2 is 2.00 bits per heavy atom. The highest BCUT2D eigenvalue weighted by Crippen LogP contribution is 2.24. The van der Waals surface area contributed by atoms with Gasteiger partial charge in [0.1, 0.15) is 0 Å². The molecule has 0 aromatic heterocycles. The molecule has 7 heteroatoms. The zero-order valence-electron chi connectivity index (χ0n) is 16.4. The average molecular weight is 466 g/mol. The minimum absolute atomic E-state index is 0. The summed E-state index contributed by atoms with van der Waals surface area (Å²) in [5.41, 5.74) is -0.196. The predicted octanol–water partition coefficient (Wildman–Crippen LogP) is 2.33. The van der Waals surface area contributed by atoms with Crippen LogP contribution >= 0.6 is 24.0 Å². The van der Waals surface area contributed by atoms with Crippen molar-refractivity contribution in [1.82, 2.24) is 15.1 Å². The highest BCUT2D eigenvalue weighted by atomic mass is 127. The van der Waals surface area contributed by atoms with Gasteiger partial charge in [-0.25, -0.2) is 0 Å². The molecule has 6 nitrogen and oxygen atoms in total. The summed E-state index contributed by atoms with van der Waals surface area (Å²) in [5.74, 6) is 1.64. The van der Waals surface area contributed by atoms with Crippen LogP contribution in [0.3, 0.4) is 0 Å². The maximum atomic E-state index is 12.7. The van der Waals surface area contributed by atoms with E-state index in [1.807, 2.05) is 4.90 Å². The number of nitrogens with zero attached hydrogens (tertiary/aromatic N) is 3. The van der Waals surface area contributed by atoms with E-state index in [1.54, 1.807) is 0 Å². The minimum Gasteiger partial charge on any atom is -0.381 e. The van der Waals surface area contributed by atoms with Gasteiger partial charge in [0.25, 0.3) is 0 Å². The molecule has 2 aliphatic rings. The van der Waals surface area contributed by atoms with Gasteiger partial charge in [0, 0.05) is 38.9 Å². The standard InChI is InChI=1S/C18H34N4O2.HI/c1-6-19-17(20-11-15-7-9-24-10-8-15)21-12-16(23)22(14(2)3)18(4,5)13-21;/h14-15H,6-13H2,1-5H3,(H,19,20);1H. The molecule has 2 aliphatic heterocycles. The van der Waals surface area contributed by atoms with Gasteiger partial charge in [-0.1, -0.05) is 0 Å². The number of piperazine rings is 1. The molecule has 0 aliphatic carbocycles. The first kappa shape index (κ1) is 22.5. The van der Waals surface area contributed by atoms with Gasteiger partial charge in [-0.3, -0.25) is 9.79 Å². The van der Waals surface area contributed by atoms with E-state index < -0.39 is 0 Å². The van der Waals surface area contributed by atoms with Crippen molar-refractivity contribution in [2.45, 2.75) is 59.0 Å². The molecule has 1 amide bonds. The second-order valence-electron chi connectivity index (χ2n) is 7.78. The molecule has 0 radical (unpaired) electrons. The smallest absolute Gasteiger partial charge is 0.242 e. The second-order valence-corrected chi connectivity index (χ2v) is 7.78.